The minimum atomic E-state index is 0.0820. The Morgan fingerprint density at radius 2 is 1.71 bits per heavy atom. The number of ether oxygens (including phenoxy) is 3. The molecule has 0 saturated carbocycles. The third-order valence-corrected chi connectivity index (χ3v) is 2.80. The zero-order chi connectivity index (χ0) is 15.3. The van der Waals surface area contributed by atoms with Gasteiger partial charge < -0.3 is 19.9 Å². The van der Waals surface area contributed by atoms with Crippen LogP contribution in [0.1, 0.15) is 18.4 Å². The lowest BCUT2D eigenvalue weighted by atomic mass is 10.2. The Morgan fingerprint density at radius 1 is 1.05 bits per heavy atom. The number of hydrogen-bond donors (Lipinski definition) is 1. The first kappa shape index (κ1) is 17.6. The summed E-state index contributed by atoms with van der Waals surface area (Å²) in [5.41, 5.74) is 6.45. The number of carbonyl (C=O) groups excluding carboxylic acids is 1. The lowest BCUT2D eigenvalue weighted by Gasteiger charge is -2.06. The highest BCUT2D eigenvalue weighted by Gasteiger charge is 2.03. The number of Topliss-reactive ketones (excluding diaryl/α,β-unsaturated/α-hetero) is 1. The van der Waals surface area contributed by atoms with Gasteiger partial charge in [0.25, 0.3) is 0 Å². The predicted molar refractivity (Wildman–Crippen MR) is 81.6 cm³/mol. The van der Waals surface area contributed by atoms with E-state index in [1.165, 1.54) is 5.56 Å². The molecule has 0 aliphatic heterocycles. The second-order valence-corrected chi connectivity index (χ2v) is 4.76. The molecule has 0 aliphatic carbocycles. The van der Waals surface area contributed by atoms with Gasteiger partial charge in [-0.15, -0.1) is 0 Å². The molecule has 0 bridgehead atoms. The van der Waals surface area contributed by atoms with Crippen molar-refractivity contribution in [1.82, 2.24) is 0 Å². The maximum atomic E-state index is 11.6. The van der Waals surface area contributed by atoms with Crippen molar-refractivity contribution in [3.8, 4) is 5.75 Å². The van der Waals surface area contributed by atoms with Crippen LogP contribution in [-0.4, -0.2) is 45.4 Å². The van der Waals surface area contributed by atoms with E-state index in [2.05, 4.69) is 0 Å². The average Bonchev–Trinajstić information content (AvgIpc) is 2.49. The summed E-state index contributed by atoms with van der Waals surface area (Å²) in [6, 6.07) is 7.65. The van der Waals surface area contributed by atoms with Crippen LogP contribution in [0, 0.1) is 6.92 Å². The summed E-state index contributed by atoms with van der Waals surface area (Å²) in [5, 5.41) is 0. The molecule has 0 radical (unpaired) electrons. The largest absolute Gasteiger partial charge is 0.486 e. The van der Waals surface area contributed by atoms with E-state index >= 15 is 0 Å². The summed E-state index contributed by atoms with van der Waals surface area (Å²) in [6.45, 7) is 4.84. The van der Waals surface area contributed by atoms with E-state index in [-0.39, 0.29) is 12.4 Å². The summed E-state index contributed by atoms with van der Waals surface area (Å²) in [5.74, 6) is 0.806. The molecule has 1 aromatic carbocycles. The summed E-state index contributed by atoms with van der Waals surface area (Å²) < 4.78 is 15.9. The topological polar surface area (TPSA) is 70.8 Å². The molecule has 1 rings (SSSR count). The van der Waals surface area contributed by atoms with Gasteiger partial charge in [-0.1, -0.05) is 17.7 Å². The van der Waals surface area contributed by atoms with Gasteiger partial charge >= 0.3 is 0 Å². The van der Waals surface area contributed by atoms with Gasteiger partial charge in [0.2, 0.25) is 0 Å². The van der Waals surface area contributed by atoms with E-state index in [1.807, 2.05) is 31.2 Å². The van der Waals surface area contributed by atoms with Gasteiger partial charge in [0.05, 0.1) is 19.8 Å². The molecular weight excluding hydrogens is 270 g/mol. The summed E-state index contributed by atoms with van der Waals surface area (Å²) >= 11 is 0. The van der Waals surface area contributed by atoms with E-state index in [1.54, 1.807) is 0 Å². The van der Waals surface area contributed by atoms with Crippen molar-refractivity contribution >= 4 is 5.78 Å². The average molecular weight is 295 g/mol. The number of rotatable bonds is 12. The molecule has 118 valence electrons. The minimum absolute atomic E-state index is 0.0820. The van der Waals surface area contributed by atoms with Crippen molar-refractivity contribution in [2.24, 2.45) is 5.73 Å². The zero-order valence-corrected chi connectivity index (χ0v) is 12.7. The SMILES string of the molecule is Cc1ccc(OCC(=O)CCCOCCOCCN)cc1. The van der Waals surface area contributed by atoms with Crippen LogP contribution in [0.2, 0.25) is 0 Å². The third-order valence-electron chi connectivity index (χ3n) is 2.80. The first-order chi connectivity index (χ1) is 10.2. The molecule has 5 heteroatoms. The number of aryl methyl sites for hydroxylation is 1. The molecule has 1 aromatic rings. The van der Waals surface area contributed by atoms with Crippen LogP contribution in [0.3, 0.4) is 0 Å². The van der Waals surface area contributed by atoms with E-state index < -0.39 is 0 Å². The van der Waals surface area contributed by atoms with Crippen molar-refractivity contribution in [1.29, 1.82) is 0 Å². The van der Waals surface area contributed by atoms with Crippen LogP contribution >= 0.6 is 0 Å². The Balaban J connectivity index is 1.97. The molecule has 0 heterocycles. The molecule has 0 amide bonds. The first-order valence-corrected chi connectivity index (χ1v) is 7.29. The smallest absolute Gasteiger partial charge is 0.170 e. The molecule has 0 saturated heterocycles. The maximum Gasteiger partial charge on any atom is 0.170 e. The molecule has 0 fully saturated rings. The fraction of sp³-hybridized carbons (Fsp3) is 0.562. The highest BCUT2D eigenvalue weighted by Crippen LogP contribution is 2.11. The Hall–Kier alpha value is -1.43. The molecule has 0 unspecified atom stereocenters. The second kappa shape index (κ2) is 11.3. The normalized spacial score (nSPS) is 10.6. The Labute approximate surface area is 126 Å². The monoisotopic (exact) mass is 295 g/mol. The fourth-order valence-corrected chi connectivity index (χ4v) is 1.65. The van der Waals surface area contributed by atoms with Crippen LogP contribution in [0.15, 0.2) is 24.3 Å². The van der Waals surface area contributed by atoms with Crippen LogP contribution in [-0.2, 0) is 14.3 Å². The van der Waals surface area contributed by atoms with E-state index in [0.717, 1.165) is 5.75 Å². The quantitative estimate of drug-likeness (QED) is 0.594. The van der Waals surface area contributed by atoms with Crippen molar-refractivity contribution in [2.45, 2.75) is 19.8 Å². The number of ketones is 1. The Kier molecular flexibility index (Phi) is 9.44. The van der Waals surface area contributed by atoms with Crippen molar-refractivity contribution in [3.05, 3.63) is 29.8 Å². The highest BCUT2D eigenvalue weighted by atomic mass is 16.5. The molecular formula is C16H25NO4. The van der Waals surface area contributed by atoms with E-state index in [0.29, 0.717) is 45.8 Å². The van der Waals surface area contributed by atoms with Gasteiger partial charge in [-0.2, -0.15) is 0 Å². The van der Waals surface area contributed by atoms with Crippen LogP contribution in [0.5, 0.6) is 5.75 Å². The number of hydrogen-bond acceptors (Lipinski definition) is 5. The van der Waals surface area contributed by atoms with E-state index in [4.69, 9.17) is 19.9 Å². The van der Waals surface area contributed by atoms with E-state index in [9.17, 15) is 4.79 Å². The maximum absolute atomic E-state index is 11.6. The summed E-state index contributed by atoms with van der Waals surface area (Å²) in [6.07, 6.45) is 1.17. The van der Waals surface area contributed by atoms with Gasteiger partial charge in [-0.05, 0) is 25.5 Å². The molecule has 0 aliphatic rings. The van der Waals surface area contributed by atoms with Gasteiger partial charge in [0.15, 0.2) is 5.78 Å². The Morgan fingerprint density at radius 3 is 2.38 bits per heavy atom. The van der Waals surface area contributed by atoms with Crippen LogP contribution in [0.4, 0.5) is 0 Å². The highest BCUT2D eigenvalue weighted by molar-refractivity contribution is 5.79. The van der Waals surface area contributed by atoms with Crippen molar-refractivity contribution < 1.29 is 19.0 Å². The summed E-state index contributed by atoms with van der Waals surface area (Å²) in [4.78, 5) is 11.6. The number of carbonyl (C=O) groups is 1. The predicted octanol–water partition coefficient (Wildman–Crippen LogP) is 1.72. The van der Waals surface area contributed by atoms with Gasteiger partial charge in [-0.25, -0.2) is 0 Å². The van der Waals surface area contributed by atoms with Crippen molar-refractivity contribution in [3.63, 3.8) is 0 Å². The lowest BCUT2D eigenvalue weighted by molar-refractivity contribution is -0.121. The standard InChI is InChI=1S/C16H25NO4/c1-14-4-6-16(7-5-14)21-13-15(18)3-2-9-19-11-12-20-10-8-17/h4-7H,2-3,8-13,17H2,1H3. The van der Waals surface area contributed by atoms with Crippen LogP contribution in [0.25, 0.3) is 0 Å². The zero-order valence-electron chi connectivity index (χ0n) is 12.7. The van der Waals surface area contributed by atoms with Gasteiger partial charge in [-0.3, -0.25) is 4.79 Å². The molecule has 2 N–H and O–H groups in total. The van der Waals surface area contributed by atoms with Gasteiger partial charge in [0, 0.05) is 19.6 Å². The number of benzene rings is 1. The van der Waals surface area contributed by atoms with Gasteiger partial charge in [0.1, 0.15) is 12.4 Å². The lowest BCUT2D eigenvalue weighted by Crippen LogP contribution is -2.14. The Bertz CT molecular complexity index is 392. The molecule has 0 aromatic heterocycles. The second-order valence-electron chi connectivity index (χ2n) is 4.76. The molecule has 0 atom stereocenters. The molecule has 21 heavy (non-hydrogen) atoms. The van der Waals surface area contributed by atoms with Crippen molar-refractivity contribution in [2.75, 3.05) is 39.6 Å². The molecule has 5 nitrogen and oxygen atoms in total. The summed E-state index contributed by atoms with van der Waals surface area (Å²) in [7, 11) is 0. The first-order valence-electron chi connectivity index (χ1n) is 7.29. The fourth-order valence-electron chi connectivity index (χ4n) is 1.65. The number of nitrogens with two attached hydrogens (primary N) is 1. The molecule has 0 spiro atoms. The van der Waals surface area contributed by atoms with Crippen LogP contribution < -0.4 is 10.5 Å². The minimum Gasteiger partial charge on any atom is -0.486 e. The third kappa shape index (κ3) is 9.18.